The molecule has 0 atom stereocenters. The molecule has 5 nitrogen and oxygen atoms in total. The van der Waals surface area contributed by atoms with E-state index >= 15 is 0 Å². The summed E-state index contributed by atoms with van der Waals surface area (Å²) in [6, 6.07) is 6.43. The molecule has 0 radical (unpaired) electrons. The number of esters is 1. The van der Waals surface area contributed by atoms with Gasteiger partial charge in [-0.05, 0) is 25.1 Å². The quantitative estimate of drug-likeness (QED) is 0.673. The van der Waals surface area contributed by atoms with Gasteiger partial charge in [0.25, 0.3) is 0 Å². The normalized spacial score (nSPS) is 11.7. The van der Waals surface area contributed by atoms with Crippen LogP contribution in [0.5, 0.6) is 0 Å². The number of carbonyl (C=O) groups excluding carboxylic acids is 1. The Morgan fingerprint density at radius 2 is 2.00 bits per heavy atom. The summed E-state index contributed by atoms with van der Waals surface area (Å²) in [5.41, 5.74) is 0.747. The van der Waals surface area contributed by atoms with Gasteiger partial charge in [0.1, 0.15) is 5.56 Å². The molecule has 0 amide bonds. The fourth-order valence-electron chi connectivity index (χ4n) is 2.47. The fourth-order valence-corrected chi connectivity index (χ4v) is 2.47. The van der Waals surface area contributed by atoms with E-state index < -0.39 is 17.7 Å². The highest BCUT2D eigenvalue weighted by atomic mass is 19.4. The third-order valence-corrected chi connectivity index (χ3v) is 3.57. The summed E-state index contributed by atoms with van der Waals surface area (Å²) >= 11 is 0. The van der Waals surface area contributed by atoms with Crippen LogP contribution in [-0.4, -0.2) is 27.7 Å². The van der Waals surface area contributed by atoms with Crippen molar-refractivity contribution in [1.82, 2.24) is 14.6 Å². The number of fused-ring (bicyclic) bond motifs is 1. The average molecular weight is 335 g/mol. The van der Waals surface area contributed by atoms with Crippen LogP contribution in [0.1, 0.15) is 21.6 Å². The van der Waals surface area contributed by atoms with Crippen LogP contribution >= 0.6 is 0 Å². The maximum absolute atomic E-state index is 12.9. The molecule has 0 aliphatic heterocycles. The van der Waals surface area contributed by atoms with Gasteiger partial charge in [-0.3, -0.25) is 0 Å². The first kappa shape index (κ1) is 16.0. The molecular formula is C16H12F3N3O2. The van der Waals surface area contributed by atoms with E-state index in [1.807, 2.05) is 0 Å². The van der Waals surface area contributed by atoms with Gasteiger partial charge in [0.2, 0.25) is 0 Å². The van der Waals surface area contributed by atoms with E-state index in [0.29, 0.717) is 17.0 Å². The molecule has 0 N–H and O–H groups in total. The van der Waals surface area contributed by atoms with Gasteiger partial charge in [-0.2, -0.15) is 18.3 Å². The van der Waals surface area contributed by atoms with Crippen molar-refractivity contribution in [2.24, 2.45) is 0 Å². The summed E-state index contributed by atoms with van der Waals surface area (Å²) in [4.78, 5) is 16.0. The number of rotatable bonds is 2. The molecule has 124 valence electrons. The maximum atomic E-state index is 12.9. The van der Waals surface area contributed by atoms with Crippen molar-refractivity contribution in [3.63, 3.8) is 0 Å². The highest BCUT2D eigenvalue weighted by molar-refractivity contribution is 5.97. The Morgan fingerprint density at radius 1 is 1.25 bits per heavy atom. The largest absolute Gasteiger partial charge is 0.465 e. The molecule has 0 spiro atoms. The highest BCUT2D eigenvalue weighted by Crippen LogP contribution is 2.32. The number of halogens is 3. The van der Waals surface area contributed by atoms with E-state index in [-0.39, 0.29) is 11.2 Å². The number of benzene rings is 1. The third-order valence-electron chi connectivity index (χ3n) is 3.57. The number of alkyl halides is 3. The minimum absolute atomic E-state index is 0.186. The molecule has 0 fully saturated rings. The van der Waals surface area contributed by atoms with Gasteiger partial charge < -0.3 is 4.74 Å². The second kappa shape index (κ2) is 5.63. The summed E-state index contributed by atoms with van der Waals surface area (Å²) in [5.74, 6) is -0.601. The summed E-state index contributed by atoms with van der Waals surface area (Å²) in [7, 11) is 1.24. The van der Waals surface area contributed by atoms with Crippen molar-refractivity contribution >= 4 is 11.6 Å². The van der Waals surface area contributed by atoms with Crippen LogP contribution in [0.4, 0.5) is 13.2 Å². The molecule has 0 aliphatic rings. The molecule has 8 heteroatoms. The monoisotopic (exact) mass is 335 g/mol. The van der Waals surface area contributed by atoms with Gasteiger partial charge in [-0.1, -0.05) is 12.1 Å². The lowest BCUT2D eigenvalue weighted by molar-refractivity contribution is -0.137. The van der Waals surface area contributed by atoms with Crippen LogP contribution in [0.3, 0.4) is 0 Å². The zero-order valence-corrected chi connectivity index (χ0v) is 12.8. The van der Waals surface area contributed by atoms with E-state index in [1.165, 1.54) is 30.0 Å². The SMILES string of the molecule is COC(=O)c1c(C)nn2c(-c3cccc(C(F)(F)F)c3)ccnc12. The molecule has 24 heavy (non-hydrogen) atoms. The van der Waals surface area contributed by atoms with Crippen LogP contribution in [0.2, 0.25) is 0 Å². The number of ether oxygens (including phenoxy) is 1. The van der Waals surface area contributed by atoms with Crippen molar-refractivity contribution < 1.29 is 22.7 Å². The first-order chi connectivity index (χ1) is 11.3. The molecule has 0 bridgehead atoms. The Hall–Kier alpha value is -2.90. The van der Waals surface area contributed by atoms with Gasteiger partial charge in [-0.15, -0.1) is 0 Å². The molecule has 3 aromatic rings. The first-order valence-corrected chi connectivity index (χ1v) is 6.93. The van der Waals surface area contributed by atoms with E-state index in [0.717, 1.165) is 12.1 Å². The topological polar surface area (TPSA) is 56.5 Å². The molecule has 0 aliphatic carbocycles. The number of hydrogen-bond donors (Lipinski definition) is 0. The van der Waals surface area contributed by atoms with Crippen molar-refractivity contribution in [1.29, 1.82) is 0 Å². The molecule has 0 saturated heterocycles. The van der Waals surface area contributed by atoms with Crippen molar-refractivity contribution in [3.8, 4) is 11.3 Å². The van der Waals surface area contributed by atoms with Crippen LogP contribution in [0.25, 0.3) is 16.9 Å². The fraction of sp³-hybridized carbons (Fsp3) is 0.188. The molecular weight excluding hydrogens is 323 g/mol. The number of hydrogen-bond acceptors (Lipinski definition) is 4. The van der Waals surface area contributed by atoms with E-state index in [4.69, 9.17) is 4.74 Å². The molecule has 3 rings (SSSR count). The first-order valence-electron chi connectivity index (χ1n) is 6.93. The molecule has 1 aromatic carbocycles. The second-order valence-electron chi connectivity index (χ2n) is 5.10. The maximum Gasteiger partial charge on any atom is 0.416 e. The van der Waals surface area contributed by atoms with Crippen molar-refractivity contribution in [3.05, 3.63) is 53.3 Å². The smallest absolute Gasteiger partial charge is 0.416 e. The van der Waals surface area contributed by atoms with Gasteiger partial charge in [0.05, 0.1) is 24.1 Å². The second-order valence-corrected chi connectivity index (χ2v) is 5.10. The zero-order valence-electron chi connectivity index (χ0n) is 12.8. The van der Waals surface area contributed by atoms with Gasteiger partial charge in [0, 0.05) is 11.8 Å². The van der Waals surface area contributed by atoms with Gasteiger partial charge in [0.15, 0.2) is 5.65 Å². The third kappa shape index (κ3) is 2.60. The lowest BCUT2D eigenvalue weighted by Gasteiger charge is -2.09. The van der Waals surface area contributed by atoms with E-state index in [9.17, 15) is 18.0 Å². The van der Waals surface area contributed by atoms with Gasteiger partial charge in [-0.25, -0.2) is 14.3 Å². The number of aromatic nitrogens is 3. The Labute approximate surface area is 134 Å². The number of aryl methyl sites for hydroxylation is 1. The summed E-state index contributed by atoms with van der Waals surface area (Å²) in [5, 5.41) is 4.22. The Morgan fingerprint density at radius 3 is 2.67 bits per heavy atom. The number of carbonyl (C=O) groups is 1. The number of nitrogens with zero attached hydrogens (tertiary/aromatic N) is 3. The minimum atomic E-state index is -4.45. The minimum Gasteiger partial charge on any atom is -0.465 e. The zero-order chi connectivity index (χ0) is 17.5. The van der Waals surface area contributed by atoms with E-state index in [2.05, 4.69) is 10.1 Å². The van der Waals surface area contributed by atoms with Crippen LogP contribution < -0.4 is 0 Å². The van der Waals surface area contributed by atoms with Crippen molar-refractivity contribution in [2.75, 3.05) is 7.11 Å². The standard InChI is InChI=1S/C16H12F3N3O2/c1-9-13(15(23)24-2)14-20-7-6-12(22(14)21-9)10-4-3-5-11(8-10)16(17,18)19/h3-8H,1-2H3. The van der Waals surface area contributed by atoms with Crippen LogP contribution in [0.15, 0.2) is 36.5 Å². The Kier molecular flexibility index (Phi) is 3.75. The Balaban J connectivity index is 2.24. The number of methoxy groups -OCH3 is 1. The lowest BCUT2D eigenvalue weighted by Crippen LogP contribution is -2.05. The molecule has 2 aromatic heterocycles. The highest BCUT2D eigenvalue weighted by Gasteiger charge is 2.30. The Bertz CT molecular complexity index is 932. The molecule has 0 saturated carbocycles. The predicted octanol–water partition coefficient (Wildman–Crippen LogP) is 3.51. The van der Waals surface area contributed by atoms with E-state index in [1.54, 1.807) is 13.0 Å². The van der Waals surface area contributed by atoms with Crippen LogP contribution in [0, 0.1) is 6.92 Å². The molecule has 2 heterocycles. The average Bonchev–Trinajstić information content (AvgIpc) is 2.89. The lowest BCUT2D eigenvalue weighted by atomic mass is 10.1. The van der Waals surface area contributed by atoms with Crippen molar-refractivity contribution in [2.45, 2.75) is 13.1 Å². The summed E-state index contributed by atoms with van der Waals surface area (Å²) < 4.78 is 44.8. The molecule has 0 unspecified atom stereocenters. The van der Waals surface area contributed by atoms with Crippen LogP contribution in [-0.2, 0) is 10.9 Å². The summed E-state index contributed by atoms with van der Waals surface area (Å²) in [6.07, 6.45) is -3.03. The predicted molar refractivity (Wildman–Crippen MR) is 79.5 cm³/mol. The summed E-state index contributed by atoms with van der Waals surface area (Å²) in [6.45, 7) is 1.61. The van der Waals surface area contributed by atoms with Gasteiger partial charge >= 0.3 is 12.1 Å².